The summed E-state index contributed by atoms with van der Waals surface area (Å²) in [5.74, 6) is -0.840. The molecule has 5 nitrogen and oxygen atoms in total. The highest BCUT2D eigenvalue weighted by Crippen LogP contribution is 2.37. The first kappa shape index (κ1) is 27.1. The maximum absolute atomic E-state index is 13.3. The van der Waals surface area contributed by atoms with Crippen molar-refractivity contribution in [1.82, 2.24) is 9.80 Å². The summed E-state index contributed by atoms with van der Waals surface area (Å²) in [6, 6.07) is 20.6. The van der Waals surface area contributed by atoms with Crippen LogP contribution in [-0.2, 0) is 9.59 Å². The smallest absolute Gasteiger partial charge is 0.312 e. The van der Waals surface area contributed by atoms with Crippen molar-refractivity contribution >= 4 is 56.8 Å². The standard InChI is InChI=1S/C30H31BrClN3O2S/c1-20-5-12-28(21(2)18-20)38-24-9-7-23(8-10-24)33-14-16-34(17-15-33)29(36)30(37)35-13-3-4-27(35)25-19-22(31)6-11-26(25)32/h5-12,18-19,27H,3-4,13-17H2,1-2H3. The van der Waals surface area contributed by atoms with E-state index in [9.17, 15) is 9.59 Å². The summed E-state index contributed by atoms with van der Waals surface area (Å²) in [6.45, 7) is 7.29. The number of hydrogen-bond donors (Lipinski definition) is 0. The normalized spacial score (nSPS) is 17.7. The number of hydrogen-bond acceptors (Lipinski definition) is 4. The highest BCUT2D eigenvalue weighted by atomic mass is 79.9. The van der Waals surface area contributed by atoms with E-state index >= 15 is 0 Å². The average molecular weight is 613 g/mol. The lowest BCUT2D eigenvalue weighted by atomic mass is 10.0. The number of nitrogens with zero attached hydrogens (tertiary/aromatic N) is 3. The number of likely N-dealkylation sites (tertiary alicyclic amines) is 1. The first-order valence-corrected chi connectivity index (χ1v) is 14.9. The Balaban J connectivity index is 1.18. The van der Waals surface area contributed by atoms with Gasteiger partial charge in [-0.2, -0.15) is 0 Å². The van der Waals surface area contributed by atoms with E-state index in [1.807, 2.05) is 18.2 Å². The van der Waals surface area contributed by atoms with Crippen LogP contribution in [0.1, 0.15) is 35.6 Å². The summed E-state index contributed by atoms with van der Waals surface area (Å²) in [6.07, 6.45) is 1.67. The van der Waals surface area contributed by atoms with Gasteiger partial charge in [0.2, 0.25) is 0 Å². The summed E-state index contributed by atoms with van der Waals surface area (Å²) in [5, 5.41) is 0.623. The fraction of sp³-hybridized carbons (Fsp3) is 0.333. The molecular weight excluding hydrogens is 582 g/mol. The van der Waals surface area contributed by atoms with Gasteiger partial charge in [-0.3, -0.25) is 9.59 Å². The number of amides is 2. The Kier molecular flexibility index (Phi) is 8.36. The third-order valence-corrected chi connectivity index (χ3v) is 9.36. The number of benzene rings is 3. The van der Waals surface area contributed by atoms with Gasteiger partial charge in [0.15, 0.2) is 0 Å². The molecule has 1 atom stereocenters. The van der Waals surface area contributed by atoms with E-state index in [1.165, 1.54) is 20.9 Å². The molecule has 2 aliphatic heterocycles. The van der Waals surface area contributed by atoms with Gasteiger partial charge in [0, 0.05) is 57.7 Å². The molecule has 3 aromatic carbocycles. The largest absolute Gasteiger partial charge is 0.368 e. The van der Waals surface area contributed by atoms with Crippen LogP contribution in [0.2, 0.25) is 5.02 Å². The van der Waals surface area contributed by atoms with E-state index in [2.05, 4.69) is 77.1 Å². The second-order valence-corrected chi connectivity index (χ2v) is 12.4. The fourth-order valence-corrected chi connectivity index (χ4v) is 6.80. The maximum atomic E-state index is 13.3. The lowest BCUT2D eigenvalue weighted by molar-refractivity contribution is -0.152. The van der Waals surface area contributed by atoms with E-state index in [-0.39, 0.29) is 6.04 Å². The summed E-state index contributed by atoms with van der Waals surface area (Å²) in [7, 11) is 0. The van der Waals surface area contributed by atoms with Gasteiger partial charge in [-0.25, -0.2) is 0 Å². The predicted molar refractivity (Wildman–Crippen MR) is 158 cm³/mol. The first-order valence-electron chi connectivity index (χ1n) is 12.9. The van der Waals surface area contributed by atoms with Crippen molar-refractivity contribution in [2.24, 2.45) is 0 Å². The van der Waals surface area contributed by atoms with E-state index < -0.39 is 11.8 Å². The summed E-state index contributed by atoms with van der Waals surface area (Å²) in [5.41, 5.74) is 4.59. The Hall–Kier alpha value is -2.48. The van der Waals surface area contributed by atoms with Crippen LogP contribution >= 0.6 is 39.3 Å². The second kappa shape index (κ2) is 11.7. The van der Waals surface area contributed by atoms with Gasteiger partial charge in [-0.15, -0.1) is 0 Å². The number of carbonyl (C=O) groups is 2. The molecule has 0 radical (unpaired) electrons. The zero-order valence-corrected chi connectivity index (χ0v) is 24.8. The third-order valence-electron chi connectivity index (χ3n) is 7.34. The minimum atomic E-state index is -0.426. The molecule has 2 aliphatic rings. The Morgan fingerprint density at radius 1 is 0.895 bits per heavy atom. The number of anilines is 1. The number of piperazine rings is 1. The van der Waals surface area contributed by atoms with Crippen LogP contribution in [-0.4, -0.2) is 54.3 Å². The topological polar surface area (TPSA) is 43.9 Å². The molecule has 2 fully saturated rings. The zero-order chi connectivity index (χ0) is 26.8. The molecule has 2 heterocycles. The van der Waals surface area contributed by atoms with Crippen LogP contribution in [0.15, 0.2) is 74.9 Å². The van der Waals surface area contributed by atoms with Gasteiger partial charge >= 0.3 is 11.8 Å². The van der Waals surface area contributed by atoms with Crippen molar-refractivity contribution in [3.05, 3.63) is 86.8 Å². The molecule has 198 valence electrons. The highest BCUT2D eigenvalue weighted by molar-refractivity contribution is 9.10. The molecule has 2 amide bonds. The van der Waals surface area contributed by atoms with E-state index in [1.54, 1.807) is 21.6 Å². The molecule has 1 unspecified atom stereocenters. The van der Waals surface area contributed by atoms with Gasteiger partial charge in [-0.1, -0.05) is 57.0 Å². The molecule has 0 saturated carbocycles. The van der Waals surface area contributed by atoms with Gasteiger partial charge in [0.1, 0.15) is 0 Å². The quantitative estimate of drug-likeness (QED) is 0.301. The van der Waals surface area contributed by atoms with Crippen molar-refractivity contribution in [2.75, 3.05) is 37.6 Å². The third kappa shape index (κ3) is 5.90. The molecule has 38 heavy (non-hydrogen) atoms. The number of rotatable bonds is 4. The van der Waals surface area contributed by atoms with Crippen molar-refractivity contribution in [1.29, 1.82) is 0 Å². The average Bonchev–Trinajstić information content (AvgIpc) is 3.41. The monoisotopic (exact) mass is 611 g/mol. The molecule has 0 bridgehead atoms. The minimum absolute atomic E-state index is 0.169. The molecule has 0 aliphatic carbocycles. The summed E-state index contributed by atoms with van der Waals surface area (Å²) >= 11 is 11.7. The Morgan fingerprint density at radius 2 is 1.63 bits per heavy atom. The molecule has 0 N–H and O–H groups in total. The zero-order valence-electron chi connectivity index (χ0n) is 21.6. The molecule has 2 saturated heterocycles. The van der Waals surface area contributed by atoms with Gasteiger partial charge in [0.25, 0.3) is 0 Å². The highest BCUT2D eigenvalue weighted by Gasteiger charge is 2.37. The van der Waals surface area contributed by atoms with Crippen LogP contribution in [0.25, 0.3) is 0 Å². The first-order chi connectivity index (χ1) is 18.3. The SMILES string of the molecule is Cc1ccc(Sc2ccc(N3CCN(C(=O)C(=O)N4CCCC4c4cc(Br)ccc4Cl)CC3)cc2)c(C)c1. The lowest BCUT2D eigenvalue weighted by Gasteiger charge is -2.37. The van der Waals surface area contributed by atoms with E-state index in [0.717, 1.165) is 28.6 Å². The van der Waals surface area contributed by atoms with Crippen LogP contribution in [0.3, 0.4) is 0 Å². The molecule has 0 spiro atoms. The summed E-state index contributed by atoms with van der Waals surface area (Å²) in [4.78, 5) is 34.6. The number of carbonyl (C=O) groups excluding carboxylic acids is 2. The van der Waals surface area contributed by atoms with Crippen LogP contribution in [0, 0.1) is 13.8 Å². The van der Waals surface area contributed by atoms with Gasteiger partial charge < -0.3 is 14.7 Å². The molecule has 3 aromatic rings. The van der Waals surface area contributed by atoms with Gasteiger partial charge in [-0.05, 0) is 86.3 Å². The maximum Gasteiger partial charge on any atom is 0.312 e. The van der Waals surface area contributed by atoms with Crippen LogP contribution in [0.5, 0.6) is 0 Å². The lowest BCUT2D eigenvalue weighted by Crippen LogP contribution is -2.53. The van der Waals surface area contributed by atoms with Crippen molar-refractivity contribution in [2.45, 2.75) is 42.5 Å². The summed E-state index contributed by atoms with van der Waals surface area (Å²) < 4.78 is 0.913. The predicted octanol–water partition coefficient (Wildman–Crippen LogP) is 6.88. The molecule has 0 aromatic heterocycles. The molecule has 8 heteroatoms. The molecule has 5 rings (SSSR count). The molecular formula is C30H31BrClN3O2S. The van der Waals surface area contributed by atoms with Crippen LogP contribution < -0.4 is 4.90 Å². The minimum Gasteiger partial charge on any atom is -0.368 e. The Labute approximate surface area is 242 Å². The van der Waals surface area contributed by atoms with Crippen molar-refractivity contribution in [3.63, 3.8) is 0 Å². The van der Waals surface area contributed by atoms with Crippen molar-refractivity contribution in [3.8, 4) is 0 Å². The van der Waals surface area contributed by atoms with Crippen LogP contribution in [0.4, 0.5) is 5.69 Å². The number of halogens is 2. The Bertz CT molecular complexity index is 1340. The van der Waals surface area contributed by atoms with Crippen molar-refractivity contribution < 1.29 is 9.59 Å². The Morgan fingerprint density at radius 3 is 2.34 bits per heavy atom. The van der Waals surface area contributed by atoms with Gasteiger partial charge in [0.05, 0.1) is 6.04 Å². The van der Waals surface area contributed by atoms with E-state index in [4.69, 9.17) is 11.6 Å². The number of aryl methyl sites for hydroxylation is 2. The fourth-order valence-electron chi connectivity index (χ4n) is 5.29. The van der Waals surface area contributed by atoms with E-state index in [0.29, 0.717) is 37.7 Å². The second-order valence-electron chi connectivity index (χ2n) is 9.97.